The first-order valence-electron chi connectivity index (χ1n) is 2.89. The molecule has 4 heteroatoms. The number of aliphatic hydroxyl groups excluding tert-OH is 1. The lowest BCUT2D eigenvalue weighted by molar-refractivity contribution is -0.121. The quantitative estimate of drug-likeness (QED) is 0.433. The summed E-state index contributed by atoms with van der Waals surface area (Å²) in [6.07, 6.45) is 0.333. The van der Waals surface area contributed by atoms with Crippen LogP contribution in [-0.4, -0.2) is 30.7 Å². The minimum atomic E-state index is -0.105. The van der Waals surface area contributed by atoms with E-state index in [0.717, 1.165) is 0 Å². The molecule has 0 aliphatic heterocycles. The maximum Gasteiger partial charge on any atom is 0.221 e. The van der Waals surface area contributed by atoms with Crippen molar-refractivity contribution in [1.82, 2.24) is 5.32 Å². The van der Waals surface area contributed by atoms with Gasteiger partial charge in [-0.15, -0.1) is 0 Å². The van der Waals surface area contributed by atoms with E-state index in [2.05, 4.69) is 5.32 Å². The molecule has 0 saturated carbocycles. The SMILES string of the molecule is NCCC(=O)NCCO. The topological polar surface area (TPSA) is 75.4 Å². The van der Waals surface area contributed by atoms with Crippen LogP contribution >= 0.6 is 0 Å². The second-order valence-corrected chi connectivity index (χ2v) is 1.61. The van der Waals surface area contributed by atoms with Gasteiger partial charge in [0.25, 0.3) is 0 Å². The van der Waals surface area contributed by atoms with Crippen molar-refractivity contribution in [3.05, 3.63) is 0 Å². The molecule has 0 aromatic carbocycles. The maximum atomic E-state index is 10.5. The molecule has 0 aliphatic rings. The predicted octanol–water partition coefficient (Wildman–Crippen LogP) is -1.56. The standard InChI is InChI=1S/C5H12N2O2/c6-2-1-5(9)7-3-4-8/h8H,1-4,6H2,(H,7,9). The average molecular weight is 132 g/mol. The molecule has 4 nitrogen and oxygen atoms in total. The molecule has 0 aliphatic carbocycles. The molecule has 0 atom stereocenters. The van der Waals surface area contributed by atoms with Gasteiger partial charge in [-0.2, -0.15) is 0 Å². The Hall–Kier alpha value is -0.610. The van der Waals surface area contributed by atoms with Gasteiger partial charge in [-0.05, 0) is 0 Å². The Kier molecular flexibility index (Phi) is 5.15. The van der Waals surface area contributed by atoms with Gasteiger partial charge < -0.3 is 16.2 Å². The lowest BCUT2D eigenvalue weighted by atomic mass is 10.4. The molecule has 0 bridgehead atoms. The van der Waals surface area contributed by atoms with Crippen molar-refractivity contribution in [3.8, 4) is 0 Å². The number of rotatable bonds is 4. The number of aliphatic hydroxyl groups is 1. The highest BCUT2D eigenvalue weighted by molar-refractivity contribution is 5.75. The summed E-state index contributed by atoms with van der Waals surface area (Å²) in [4.78, 5) is 10.5. The lowest BCUT2D eigenvalue weighted by Gasteiger charge is -1.98. The highest BCUT2D eigenvalue weighted by Gasteiger charge is 1.94. The van der Waals surface area contributed by atoms with Gasteiger partial charge in [0.05, 0.1) is 6.61 Å². The zero-order valence-electron chi connectivity index (χ0n) is 5.26. The van der Waals surface area contributed by atoms with Crippen molar-refractivity contribution in [3.63, 3.8) is 0 Å². The highest BCUT2D eigenvalue weighted by Crippen LogP contribution is 1.71. The molecule has 0 spiro atoms. The first-order valence-corrected chi connectivity index (χ1v) is 2.89. The van der Waals surface area contributed by atoms with Gasteiger partial charge in [-0.25, -0.2) is 0 Å². The maximum absolute atomic E-state index is 10.5. The van der Waals surface area contributed by atoms with Crippen LogP contribution in [0, 0.1) is 0 Å². The molecule has 0 radical (unpaired) electrons. The molecule has 0 saturated heterocycles. The molecule has 0 heterocycles. The molecule has 4 N–H and O–H groups in total. The average Bonchev–Trinajstić information content (AvgIpc) is 1.85. The highest BCUT2D eigenvalue weighted by atomic mass is 16.3. The number of carbonyl (C=O) groups excluding carboxylic acids is 1. The van der Waals surface area contributed by atoms with E-state index in [4.69, 9.17) is 10.8 Å². The Labute approximate surface area is 54.0 Å². The first-order chi connectivity index (χ1) is 4.31. The molecular formula is C5H12N2O2. The normalized spacial score (nSPS) is 9.11. The molecule has 1 amide bonds. The molecule has 0 unspecified atom stereocenters. The van der Waals surface area contributed by atoms with Gasteiger partial charge in [-0.1, -0.05) is 0 Å². The summed E-state index contributed by atoms with van der Waals surface area (Å²) >= 11 is 0. The number of hydrogen-bond acceptors (Lipinski definition) is 3. The zero-order valence-corrected chi connectivity index (χ0v) is 5.26. The number of nitrogens with one attached hydrogen (secondary N) is 1. The fraction of sp³-hybridized carbons (Fsp3) is 0.800. The summed E-state index contributed by atoms with van der Waals surface area (Å²) in [7, 11) is 0. The Balaban J connectivity index is 3.06. The van der Waals surface area contributed by atoms with E-state index >= 15 is 0 Å². The summed E-state index contributed by atoms with van der Waals surface area (Å²) in [5.41, 5.74) is 5.08. The summed E-state index contributed by atoms with van der Waals surface area (Å²) in [5.74, 6) is -0.105. The second-order valence-electron chi connectivity index (χ2n) is 1.61. The lowest BCUT2D eigenvalue weighted by Crippen LogP contribution is -2.27. The van der Waals surface area contributed by atoms with Gasteiger partial charge in [0.15, 0.2) is 0 Å². The largest absolute Gasteiger partial charge is 0.395 e. The van der Waals surface area contributed by atoms with Crippen molar-refractivity contribution >= 4 is 5.91 Å². The van der Waals surface area contributed by atoms with Gasteiger partial charge in [-0.3, -0.25) is 4.79 Å². The minimum absolute atomic E-state index is 0.0175. The van der Waals surface area contributed by atoms with Crippen LogP contribution < -0.4 is 11.1 Å². The Morgan fingerprint density at radius 1 is 1.67 bits per heavy atom. The third kappa shape index (κ3) is 5.26. The van der Waals surface area contributed by atoms with Crippen LogP contribution in [0.25, 0.3) is 0 Å². The molecule has 54 valence electrons. The van der Waals surface area contributed by atoms with E-state index in [0.29, 0.717) is 19.5 Å². The van der Waals surface area contributed by atoms with E-state index in [1.54, 1.807) is 0 Å². The third-order valence-corrected chi connectivity index (χ3v) is 0.805. The van der Waals surface area contributed by atoms with E-state index in [9.17, 15) is 4.79 Å². The van der Waals surface area contributed by atoms with Crippen molar-refractivity contribution in [1.29, 1.82) is 0 Å². The minimum Gasteiger partial charge on any atom is -0.395 e. The van der Waals surface area contributed by atoms with Crippen LogP contribution in [0.15, 0.2) is 0 Å². The Morgan fingerprint density at radius 3 is 2.78 bits per heavy atom. The third-order valence-electron chi connectivity index (χ3n) is 0.805. The van der Waals surface area contributed by atoms with Crippen molar-refractivity contribution in [2.45, 2.75) is 6.42 Å². The number of hydrogen-bond donors (Lipinski definition) is 3. The fourth-order valence-corrected chi connectivity index (χ4v) is 0.415. The number of nitrogens with two attached hydrogens (primary N) is 1. The van der Waals surface area contributed by atoms with E-state index in [1.165, 1.54) is 0 Å². The van der Waals surface area contributed by atoms with E-state index in [-0.39, 0.29) is 12.5 Å². The molecule has 0 aromatic heterocycles. The second kappa shape index (κ2) is 5.53. The van der Waals surface area contributed by atoms with Gasteiger partial charge in [0, 0.05) is 19.5 Å². The smallest absolute Gasteiger partial charge is 0.221 e. The molecule has 9 heavy (non-hydrogen) atoms. The Bertz CT molecular complexity index is 85.0. The summed E-state index contributed by atoms with van der Waals surface area (Å²) in [6.45, 7) is 0.659. The van der Waals surface area contributed by atoms with Crippen LogP contribution in [0.1, 0.15) is 6.42 Å². The summed E-state index contributed by atoms with van der Waals surface area (Å²) in [6, 6.07) is 0. The monoisotopic (exact) mass is 132 g/mol. The summed E-state index contributed by atoms with van der Waals surface area (Å²) < 4.78 is 0. The molecule has 0 fully saturated rings. The number of amides is 1. The molecule has 0 aromatic rings. The van der Waals surface area contributed by atoms with Crippen LogP contribution in [0.2, 0.25) is 0 Å². The van der Waals surface area contributed by atoms with Crippen molar-refractivity contribution in [2.24, 2.45) is 5.73 Å². The van der Waals surface area contributed by atoms with Crippen LogP contribution in [0.3, 0.4) is 0 Å². The summed E-state index contributed by atoms with van der Waals surface area (Å²) in [5, 5.41) is 10.7. The Morgan fingerprint density at radius 2 is 2.33 bits per heavy atom. The van der Waals surface area contributed by atoms with E-state index < -0.39 is 0 Å². The fourth-order valence-electron chi connectivity index (χ4n) is 0.415. The predicted molar refractivity (Wildman–Crippen MR) is 33.8 cm³/mol. The molecular weight excluding hydrogens is 120 g/mol. The van der Waals surface area contributed by atoms with Crippen LogP contribution in [0.5, 0.6) is 0 Å². The molecule has 0 rings (SSSR count). The van der Waals surface area contributed by atoms with Crippen molar-refractivity contribution < 1.29 is 9.90 Å². The van der Waals surface area contributed by atoms with Gasteiger partial charge in [0.1, 0.15) is 0 Å². The van der Waals surface area contributed by atoms with Gasteiger partial charge >= 0.3 is 0 Å². The zero-order chi connectivity index (χ0) is 7.11. The van der Waals surface area contributed by atoms with E-state index in [1.807, 2.05) is 0 Å². The number of carbonyl (C=O) groups is 1. The van der Waals surface area contributed by atoms with Crippen LogP contribution in [0.4, 0.5) is 0 Å². The first kappa shape index (κ1) is 8.39. The van der Waals surface area contributed by atoms with Crippen LogP contribution in [-0.2, 0) is 4.79 Å². The van der Waals surface area contributed by atoms with Crippen molar-refractivity contribution in [2.75, 3.05) is 19.7 Å². The van der Waals surface area contributed by atoms with Gasteiger partial charge in [0.2, 0.25) is 5.91 Å².